The van der Waals surface area contributed by atoms with Gasteiger partial charge in [0.2, 0.25) is 5.91 Å². The minimum Gasteiger partial charge on any atom is -0.508 e. The second kappa shape index (κ2) is 12.9. The molecule has 0 saturated carbocycles. The largest absolute Gasteiger partial charge is 0.508 e. The summed E-state index contributed by atoms with van der Waals surface area (Å²) < 4.78 is 32.4. The highest BCUT2D eigenvalue weighted by Crippen LogP contribution is 2.48. The number of β-lactam (4-membered cyclic amide) rings is 1. The fourth-order valence-electron chi connectivity index (χ4n) is 5.67. The van der Waals surface area contributed by atoms with Crippen molar-refractivity contribution in [2.45, 2.75) is 55.5 Å². The van der Waals surface area contributed by atoms with Gasteiger partial charge in [-0.15, -0.1) is 0 Å². The molecule has 3 aromatic carbocycles. The van der Waals surface area contributed by atoms with Crippen LogP contribution in [0.5, 0.6) is 5.75 Å². The average molecular weight is 598 g/mol. The summed E-state index contributed by atoms with van der Waals surface area (Å²) in [5, 5.41) is 61.4. The number of carbonyl (C=O) groups is 1. The van der Waals surface area contributed by atoms with E-state index in [-0.39, 0.29) is 24.5 Å². The van der Waals surface area contributed by atoms with Gasteiger partial charge < -0.3 is 40.3 Å². The number of nitrogens with zero attached hydrogens (tertiary/aromatic N) is 1. The molecule has 3 aromatic rings. The number of halogens is 2. The van der Waals surface area contributed by atoms with Crippen molar-refractivity contribution in [3.05, 3.63) is 101 Å². The van der Waals surface area contributed by atoms with E-state index < -0.39 is 66.8 Å². The van der Waals surface area contributed by atoms with Crippen LogP contribution in [0.25, 0.3) is 6.08 Å². The summed E-state index contributed by atoms with van der Waals surface area (Å²) in [4.78, 5) is 14.8. The number of anilines is 1. The molecule has 11 heteroatoms. The molecule has 6 N–H and O–H groups in total. The van der Waals surface area contributed by atoms with E-state index in [1.54, 1.807) is 12.1 Å². The van der Waals surface area contributed by atoms with Crippen molar-refractivity contribution in [2.75, 3.05) is 11.5 Å². The molecule has 0 bridgehead atoms. The molecule has 0 aromatic heterocycles. The van der Waals surface area contributed by atoms with Gasteiger partial charge in [-0.3, -0.25) is 4.79 Å². The Morgan fingerprint density at radius 2 is 1.56 bits per heavy atom. The number of phenolic OH excluding ortho intramolecular Hbond substituents is 1. The van der Waals surface area contributed by atoms with Crippen LogP contribution in [0.3, 0.4) is 0 Å². The fraction of sp³-hybridized carbons (Fsp3) is 0.344. The van der Waals surface area contributed by atoms with Gasteiger partial charge in [-0.1, -0.05) is 36.4 Å². The van der Waals surface area contributed by atoms with E-state index in [9.17, 15) is 44.2 Å². The lowest BCUT2D eigenvalue weighted by molar-refractivity contribution is -0.216. The SMILES string of the molecule is O=C1[C@H](CC[C@H](O)c2ccc(F)cc2)[C@@H](c2ccc(/C=C/[C@@H]3OC(CO)[C@@H](O)C(O)[C@@H]3O)cc2O)N1c1ccc(F)cc1. The zero-order valence-electron chi connectivity index (χ0n) is 22.9. The molecule has 5 rings (SSSR count). The number of phenols is 1. The van der Waals surface area contributed by atoms with Crippen molar-refractivity contribution in [3.8, 4) is 5.75 Å². The van der Waals surface area contributed by atoms with Crippen LogP contribution in [0.2, 0.25) is 0 Å². The first kappa shape index (κ1) is 30.7. The highest BCUT2D eigenvalue weighted by molar-refractivity contribution is 6.03. The van der Waals surface area contributed by atoms with Crippen LogP contribution in [-0.4, -0.2) is 73.7 Å². The highest BCUT2D eigenvalue weighted by Gasteiger charge is 2.49. The van der Waals surface area contributed by atoms with Crippen LogP contribution in [0.4, 0.5) is 14.5 Å². The van der Waals surface area contributed by atoms with E-state index in [1.807, 2.05) is 0 Å². The molecule has 0 spiro atoms. The van der Waals surface area contributed by atoms with Crippen molar-refractivity contribution < 1.29 is 49.0 Å². The Labute approximate surface area is 246 Å². The molecule has 2 heterocycles. The molecule has 0 radical (unpaired) electrons. The molecule has 0 aliphatic carbocycles. The molecule has 1 amide bonds. The molecule has 9 nitrogen and oxygen atoms in total. The maximum absolute atomic E-state index is 13.6. The van der Waals surface area contributed by atoms with E-state index in [1.165, 1.54) is 71.6 Å². The van der Waals surface area contributed by atoms with Crippen LogP contribution in [0.15, 0.2) is 72.8 Å². The first-order valence-electron chi connectivity index (χ1n) is 13.9. The number of amides is 1. The average Bonchev–Trinajstić information content (AvgIpc) is 3.00. The molecule has 228 valence electrons. The maximum atomic E-state index is 13.6. The van der Waals surface area contributed by atoms with Gasteiger partial charge in [-0.2, -0.15) is 0 Å². The Morgan fingerprint density at radius 3 is 2.19 bits per heavy atom. The topological polar surface area (TPSA) is 151 Å². The van der Waals surface area contributed by atoms with E-state index in [2.05, 4.69) is 0 Å². The number of benzene rings is 3. The zero-order valence-corrected chi connectivity index (χ0v) is 22.9. The van der Waals surface area contributed by atoms with Crippen molar-refractivity contribution in [3.63, 3.8) is 0 Å². The van der Waals surface area contributed by atoms with Gasteiger partial charge in [0.25, 0.3) is 0 Å². The van der Waals surface area contributed by atoms with Gasteiger partial charge in [0.1, 0.15) is 47.9 Å². The van der Waals surface area contributed by atoms with Crippen molar-refractivity contribution >= 4 is 17.7 Å². The van der Waals surface area contributed by atoms with Gasteiger partial charge in [0.15, 0.2) is 0 Å². The number of carbonyl (C=O) groups excluding carboxylic acids is 1. The van der Waals surface area contributed by atoms with E-state index in [4.69, 9.17) is 4.74 Å². The lowest BCUT2D eigenvalue weighted by atomic mass is 9.77. The van der Waals surface area contributed by atoms with Gasteiger partial charge in [-0.05, 0) is 66.4 Å². The molecule has 8 atom stereocenters. The van der Waals surface area contributed by atoms with Crippen LogP contribution in [-0.2, 0) is 9.53 Å². The smallest absolute Gasteiger partial charge is 0.233 e. The van der Waals surface area contributed by atoms with Crippen LogP contribution in [0, 0.1) is 17.6 Å². The Kier molecular flexibility index (Phi) is 9.21. The van der Waals surface area contributed by atoms with Crippen molar-refractivity contribution in [1.82, 2.24) is 0 Å². The normalized spacial score (nSPS) is 28.2. The first-order chi connectivity index (χ1) is 20.6. The highest BCUT2D eigenvalue weighted by atomic mass is 19.1. The molecule has 2 unspecified atom stereocenters. The third-order valence-corrected chi connectivity index (χ3v) is 8.11. The maximum Gasteiger partial charge on any atom is 0.233 e. The lowest BCUT2D eigenvalue weighted by Gasteiger charge is -2.48. The monoisotopic (exact) mass is 597 g/mol. The molecular formula is C32H33F2NO8. The van der Waals surface area contributed by atoms with Crippen LogP contribution < -0.4 is 4.90 Å². The number of aliphatic hydroxyl groups excluding tert-OH is 5. The quantitative estimate of drug-likeness (QED) is 0.206. The van der Waals surface area contributed by atoms with E-state index >= 15 is 0 Å². The van der Waals surface area contributed by atoms with Gasteiger partial charge in [0, 0.05) is 11.3 Å². The van der Waals surface area contributed by atoms with Crippen LogP contribution >= 0.6 is 0 Å². The Balaban J connectivity index is 1.37. The predicted octanol–water partition coefficient (Wildman–Crippen LogP) is 2.74. The summed E-state index contributed by atoms with van der Waals surface area (Å²) in [6.07, 6.45) is -4.03. The number of ether oxygens (including phenoxy) is 1. The minimum atomic E-state index is -1.52. The standard InChI is InChI=1S/C32H33F2NO8/c33-19-5-3-18(4-6-19)24(37)13-12-23-28(35(32(23)42)21-9-7-20(34)8-10-21)22-11-1-17(15-25(22)38)2-14-26-29(39)31(41)30(40)27(16-36)43-26/h1-11,14-15,23-24,26-31,36-41H,12-13,16H2/b14-2+/t23-,24+,26+,27?,28-,29-,30-,31?/m1/s1. The second-order valence-corrected chi connectivity index (χ2v) is 10.9. The lowest BCUT2D eigenvalue weighted by Crippen LogP contribution is -2.57. The van der Waals surface area contributed by atoms with Crippen LogP contribution in [0.1, 0.15) is 41.7 Å². The zero-order chi connectivity index (χ0) is 30.8. The number of aromatic hydroxyl groups is 1. The third-order valence-electron chi connectivity index (χ3n) is 8.11. The van der Waals surface area contributed by atoms with Crippen molar-refractivity contribution in [1.29, 1.82) is 0 Å². The number of hydrogen-bond donors (Lipinski definition) is 6. The van der Waals surface area contributed by atoms with Gasteiger partial charge in [-0.25, -0.2) is 8.78 Å². The molecule has 2 saturated heterocycles. The summed E-state index contributed by atoms with van der Waals surface area (Å²) >= 11 is 0. The number of aliphatic hydroxyl groups is 5. The summed E-state index contributed by atoms with van der Waals surface area (Å²) in [6.45, 7) is -0.558. The summed E-state index contributed by atoms with van der Waals surface area (Å²) in [6, 6.07) is 15.0. The summed E-state index contributed by atoms with van der Waals surface area (Å²) in [5.74, 6) is -1.90. The minimum absolute atomic E-state index is 0.135. The molecule has 43 heavy (non-hydrogen) atoms. The van der Waals surface area contributed by atoms with Gasteiger partial charge in [0.05, 0.1) is 24.7 Å². The molecule has 2 aliphatic heterocycles. The Hall–Kier alpha value is -3.71. The second-order valence-electron chi connectivity index (χ2n) is 10.9. The number of hydrogen-bond acceptors (Lipinski definition) is 8. The van der Waals surface area contributed by atoms with E-state index in [0.717, 1.165) is 0 Å². The third kappa shape index (κ3) is 6.32. The molecule has 2 fully saturated rings. The van der Waals surface area contributed by atoms with E-state index in [0.29, 0.717) is 22.4 Å². The Bertz CT molecular complexity index is 1450. The first-order valence-corrected chi connectivity index (χ1v) is 13.9. The predicted molar refractivity (Wildman–Crippen MR) is 152 cm³/mol. The van der Waals surface area contributed by atoms with Crippen molar-refractivity contribution in [2.24, 2.45) is 5.92 Å². The van der Waals surface area contributed by atoms with Gasteiger partial charge >= 0.3 is 0 Å². The molecule has 2 aliphatic rings. The fourth-order valence-corrected chi connectivity index (χ4v) is 5.67. The summed E-state index contributed by atoms with van der Waals surface area (Å²) in [7, 11) is 0. The number of rotatable bonds is 9. The molecular weight excluding hydrogens is 564 g/mol. The Morgan fingerprint density at radius 1 is 0.907 bits per heavy atom. The summed E-state index contributed by atoms with van der Waals surface area (Å²) in [5.41, 5.74) is 1.88.